The van der Waals surface area contributed by atoms with Gasteiger partial charge in [-0.05, 0) is 19.8 Å². The van der Waals surface area contributed by atoms with Gasteiger partial charge in [-0.25, -0.2) is 0 Å². The normalized spacial score (nSPS) is 11.2. The third-order valence-electron chi connectivity index (χ3n) is 0.705. The molecule has 0 amide bonds. The highest BCUT2D eigenvalue weighted by atomic mass is 16.5. The molecule has 0 bridgehead atoms. The van der Waals surface area contributed by atoms with Crippen LogP contribution in [0.1, 0.15) is 27.7 Å². The number of hydrogen-bond acceptors (Lipinski definition) is 1. The fraction of sp³-hybridized carbons (Fsp3) is 0.857. The molecule has 0 aliphatic carbocycles. The summed E-state index contributed by atoms with van der Waals surface area (Å²) in [5.74, 6) is 0.643. The van der Waals surface area contributed by atoms with Crippen LogP contribution in [0.25, 0.3) is 0 Å². The van der Waals surface area contributed by atoms with Crippen molar-refractivity contribution in [3.63, 3.8) is 0 Å². The first kappa shape index (κ1) is 7.96. The molecule has 0 aliphatic rings. The van der Waals surface area contributed by atoms with Crippen LogP contribution in [-0.4, -0.2) is 6.61 Å². The van der Waals surface area contributed by atoms with Gasteiger partial charge in [-0.3, -0.25) is 0 Å². The first-order valence-corrected chi connectivity index (χ1v) is 3.06. The van der Waals surface area contributed by atoms with Crippen LogP contribution in [-0.2, 0) is 4.74 Å². The van der Waals surface area contributed by atoms with Crippen LogP contribution >= 0.6 is 0 Å². The summed E-state index contributed by atoms with van der Waals surface area (Å²) in [7, 11) is 0. The summed E-state index contributed by atoms with van der Waals surface area (Å²) >= 11 is 0. The molecule has 0 rings (SSSR count). The summed E-state index contributed by atoms with van der Waals surface area (Å²) in [6.07, 6.45) is 1.05. The van der Waals surface area contributed by atoms with Crippen LogP contribution in [0.15, 0.2) is 0 Å². The predicted octanol–water partition coefficient (Wildman–Crippen LogP) is 2.23. The van der Waals surface area contributed by atoms with Gasteiger partial charge in [0.05, 0.1) is 6.10 Å². The van der Waals surface area contributed by atoms with E-state index in [0.29, 0.717) is 5.92 Å². The molecule has 49 valence electrons. The quantitative estimate of drug-likeness (QED) is 0.548. The van der Waals surface area contributed by atoms with Crippen molar-refractivity contribution in [2.45, 2.75) is 27.7 Å². The van der Waals surface area contributed by atoms with Crippen molar-refractivity contribution in [1.29, 1.82) is 0 Å². The summed E-state index contributed by atoms with van der Waals surface area (Å²) in [6, 6.07) is 0. The molecule has 0 aromatic rings. The molecule has 0 spiro atoms. The van der Waals surface area contributed by atoms with Crippen LogP contribution in [0.5, 0.6) is 0 Å². The fourth-order valence-corrected chi connectivity index (χ4v) is 0.333. The molecule has 1 heteroatoms. The summed E-state index contributed by atoms with van der Waals surface area (Å²) in [4.78, 5) is 0. The Morgan fingerprint density at radius 3 is 2.00 bits per heavy atom. The number of ether oxygens (including phenoxy) is 1. The highest BCUT2D eigenvalue weighted by Gasteiger charge is 1.95. The molecule has 0 saturated heterocycles. The molecule has 0 saturated carbocycles. The van der Waals surface area contributed by atoms with E-state index in [1.807, 2.05) is 13.8 Å². The average Bonchev–Trinajstić information content (AvgIpc) is 1.61. The van der Waals surface area contributed by atoms with E-state index in [2.05, 4.69) is 13.8 Å². The minimum atomic E-state index is 0.643. The van der Waals surface area contributed by atoms with Crippen molar-refractivity contribution in [3.8, 4) is 0 Å². The number of hydrogen-bond donors (Lipinski definition) is 0. The second kappa shape index (κ2) is 3.90. The van der Waals surface area contributed by atoms with Crippen LogP contribution < -0.4 is 0 Å². The maximum Gasteiger partial charge on any atom is 0.0909 e. The van der Waals surface area contributed by atoms with Crippen LogP contribution in [0.3, 0.4) is 0 Å². The Bertz CT molecular complexity index is 40.3. The zero-order valence-corrected chi connectivity index (χ0v) is 6.19. The maximum atomic E-state index is 5.22. The molecule has 0 aromatic heterocycles. The molecule has 0 fully saturated rings. The standard InChI is InChI=1S/C7H15O/c1-6(2)5-8-7(3)4/h6H,5H2,1-4H3. The molecule has 0 heterocycles. The van der Waals surface area contributed by atoms with Crippen molar-refractivity contribution < 1.29 is 4.74 Å². The van der Waals surface area contributed by atoms with Crippen molar-refractivity contribution in [2.75, 3.05) is 6.61 Å². The molecular formula is C7H15O. The van der Waals surface area contributed by atoms with Gasteiger partial charge in [-0.2, -0.15) is 0 Å². The lowest BCUT2D eigenvalue weighted by Gasteiger charge is -2.07. The first-order chi connectivity index (χ1) is 3.63. The van der Waals surface area contributed by atoms with E-state index in [9.17, 15) is 0 Å². The van der Waals surface area contributed by atoms with Crippen molar-refractivity contribution in [3.05, 3.63) is 6.10 Å². The smallest absolute Gasteiger partial charge is 0.0909 e. The van der Waals surface area contributed by atoms with Crippen molar-refractivity contribution >= 4 is 0 Å². The summed E-state index contributed by atoms with van der Waals surface area (Å²) < 4.78 is 5.22. The highest BCUT2D eigenvalue weighted by molar-refractivity contribution is 4.60. The lowest BCUT2D eigenvalue weighted by Crippen LogP contribution is -2.02. The Balaban J connectivity index is 2.93. The Hall–Kier alpha value is -0.0400. The van der Waals surface area contributed by atoms with Crippen LogP contribution in [0.2, 0.25) is 0 Å². The van der Waals surface area contributed by atoms with E-state index >= 15 is 0 Å². The molecule has 0 atom stereocenters. The monoisotopic (exact) mass is 115 g/mol. The van der Waals surface area contributed by atoms with Gasteiger partial charge in [0.25, 0.3) is 0 Å². The second-order valence-corrected chi connectivity index (χ2v) is 2.61. The van der Waals surface area contributed by atoms with Gasteiger partial charge in [0.15, 0.2) is 0 Å². The average molecular weight is 115 g/mol. The lowest BCUT2D eigenvalue weighted by molar-refractivity contribution is 0.130. The molecule has 0 N–H and O–H groups in total. The van der Waals surface area contributed by atoms with Gasteiger partial charge in [0, 0.05) is 6.61 Å². The van der Waals surface area contributed by atoms with E-state index in [-0.39, 0.29) is 0 Å². The zero-order valence-electron chi connectivity index (χ0n) is 6.19. The second-order valence-electron chi connectivity index (χ2n) is 2.61. The van der Waals surface area contributed by atoms with E-state index < -0.39 is 0 Å². The van der Waals surface area contributed by atoms with Gasteiger partial charge >= 0.3 is 0 Å². The van der Waals surface area contributed by atoms with Gasteiger partial charge < -0.3 is 4.74 Å². The molecule has 8 heavy (non-hydrogen) atoms. The molecule has 0 unspecified atom stereocenters. The molecule has 0 aromatic carbocycles. The van der Waals surface area contributed by atoms with Gasteiger partial charge in [-0.1, -0.05) is 13.8 Å². The van der Waals surface area contributed by atoms with Crippen molar-refractivity contribution in [2.24, 2.45) is 5.92 Å². The highest BCUT2D eigenvalue weighted by Crippen LogP contribution is 2.01. The SMILES string of the molecule is C[C](C)OCC(C)C. The van der Waals surface area contributed by atoms with Crippen molar-refractivity contribution in [1.82, 2.24) is 0 Å². The molecule has 1 radical (unpaired) electrons. The predicted molar refractivity (Wildman–Crippen MR) is 35.4 cm³/mol. The largest absolute Gasteiger partial charge is 0.372 e. The Labute approximate surface area is 52.0 Å². The first-order valence-electron chi connectivity index (χ1n) is 3.06. The van der Waals surface area contributed by atoms with E-state index in [4.69, 9.17) is 4.74 Å². The van der Waals surface area contributed by atoms with Crippen LogP contribution in [0, 0.1) is 12.0 Å². The van der Waals surface area contributed by atoms with E-state index in [1.165, 1.54) is 0 Å². The van der Waals surface area contributed by atoms with Gasteiger partial charge in [0.1, 0.15) is 0 Å². The zero-order chi connectivity index (χ0) is 6.57. The Morgan fingerprint density at radius 1 is 1.38 bits per heavy atom. The van der Waals surface area contributed by atoms with E-state index in [0.717, 1.165) is 12.7 Å². The van der Waals surface area contributed by atoms with E-state index in [1.54, 1.807) is 0 Å². The fourth-order valence-electron chi connectivity index (χ4n) is 0.333. The maximum absolute atomic E-state index is 5.22. The Morgan fingerprint density at radius 2 is 1.88 bits per heavy atom. The molecular weight excluding hydrogens is 100 g/mol. The molecule has 1 nitrogen and oxygen atoms in total. The Kier molecular flexibility index (Phi) is 3.88. The minimum Gasteiger partial charge on any atom is -0.372 e. The summed E-state index contributed by atoms with van der Waals surface area (Å²) in [6.45, 7) is 9.08. The molecule has 0 aliphatic heterocycles. The van der Waals surface area contributed by atoms with Crippen LogP contribution in [0.4, 0.5) is 0 Å². The summed E-state index contributed by atoms with van der Waals surface area (Å²) in [5.41, 5.74) is 0. The lowest BCUT2D eigenvalue weighted by atomic mass is 10.2. The van der Waals surface area contributed by atoms with Gasteiger partial charge in [0.2, 0.25) is 0 Å². The van der Waals surface area contributed by atoms with Gasteiger partial charge in [-0.15, -0.1) is 0 Å². The third kappa shape index (κ3) is 5.96. The topological polar surface area (TPSA) is 9.23 Å². The number of rotatable bonds is 3. The third-order valence-corrected chi connectivity index (χ3v) is 0.705. The minimum absolute atomic E-state index is 0.643. The summed E-state index contributed by atoms with van der Waals surface area (Å²) in [5, 5.41) is 0.